The summed E-state index contributed by atoms with van der Waals surface area (Å²) in [5.41, 5.74) is -0.741. The summed E-state index contributed by atoms with van der Waals surface area (Å²) in [7, 11) is -3.00. The number of aromatic amines is 1. The largest absolute Gasteiger partial charge is 0.451 e. The number of aliphatic hydroxyl groups excluding tert-OH is 1. The minimum atomic E-state index is -3.00. The van der Waals surface area contributed by atoms with Crippen molar-refractivity contribution in [3.05, 3.63) is 129 Å². The molecule has 224 valence electrons. The highest BCUT2D eigenvalue weighted by atomic mass is 28.4. The third kappa shape index (κ3) is 5.91. The fourth-order valence-electron chi connectivity index (χ4n) is 5.72. The Bertz CT molecular complexity index is 1630. The Hall–Kier alpha value is -4.09. The van der Waals surface area contributed by atoms with Gasteiger partial charge in [-0.25, -0.2) is 9.59 Å². The molecule has 0 unspecified atom stereocenters. The van der Waals surface area contributed by atoms with Crippen LogP contribution in [-0.4, -0.2) is 53.9 Å². The second kappa shape index (κ2) is 12.3. The molecular weight excluding hydrogens is 564 g/mol. The lowest BCUT2D eigenvalue weighted by atomic mass is 10.1. The number of nitrogens with one attached hydrogen (secondary N) is 1. The average molecular weight is 601 g/mol. The van der Waals surface area contributed by atoms with Gasteiger partial charge in [0.15, 0.2) is 12.3 Å². The van der Waals surface area contributed by atoms with E-state index in [0.717, 1.165) is 14.9 Å². The summed E-state index contributed by atoms with van der Waals surface area (Å²) in [5, 5.41) is 13.4. The monoisotopic (exact) mass is 600 g/mol. The van der Waals surface area contributed by atoms with Crippen molar-refractivity contribution in [1.82, 2.24) is 9.55 Å². The molecule has 0 radical (unpaired) electrons. The highest BCUT2D eigenvalue weighted by Gasteiger charge is 2.53. The van der Waals surface area contributed by atoms with Crippen LogP contribution in [0, 0.1) is 6.92 Å². The van der Waals surface area contributed by atoms with E-state index in [4.69, 9.17) is 13.9 Å². The number of esters is 1. The number of hydrogen-bond acceptors (Lipinski definition) is 7. The number of rotatable bonds is 8. The number of hydrogen-bond donors (Lipinski definition) is 2. The molecule has 2 heterocycles. The van der Waals surface area contributed by atoms with Gasteiger partial charge in [0.05, 0.1) is 12.2 Å². The lowest BCUT2D eigenvalue weighted by molar-refractivity contribution is -0.0588. The van der Waals surface area contributed by atoms with E-state index >= 15 is 0 Å². The Labute approximate surface area is 250 Å². The van der Waals surface area contributed by atoms with Crippen molar-refractivity contribution < 1.29 is 23.8 Å². The smallest absolute Gasteiger partial charge is 0.338 e. The quantitative estimate of drug-likeness (QED) is 0.236. The first-order valence-electron chi connectivity index (χ1n) is 14.2. The third-order valence-corrected chi connectivity index (χ3v) is 12.9. The van der Waals surface area contributed by atoms with Gasteiger partial charge < -0.3 is 19.0 Å². The van der Waals surface area contributed by atoms with Gasteiger partial charge in [0.2, 0.25) is 0 Å². The second-order valence-electron chi connectivity index (χ2n) is 11.7. The minimum absolute atomic E-state index is 0.0403. The number of nitrogens with zero attached hydrogens (tertiary/aromatic N) is 1. The molecule has 0 bridgehead atoms. The minimum Gasteiger partial charge on any atom is -0.451 e. The fraction of sp³-hybridized carbons (Fsp3) is 0.303. The highest BCUT2D eigenvalue weighted by molar-refractivity contribution is 6.99. The van der Waals surface area contributed by atoms with Crippen LogP contribution in [0.15, 0.2) is 107 Å². The zero-order valence-electron chi connectivity index (χ0n) is 24.6. The molecule has 1 fully saturated rings. The van der Waals surface area contributed by atoms with Gasteiger partial charge in [0.1, 0.15) is 12.2 Å². The van der Waals surface area contributed by atoms with E-state index in [1.165, 1.54) is 6.20 Å². The van der Waals surface area contributed by atoms with E-state index in [0.29, 0.717) is 0 Å². The third-order valence-electron chi connectivity index (χ3n) is 7.87. The summed E-state index contributed by atoms with van der Waals surface area (Å²) in [6.07, 6.45) is -3.43. The molecule has 0 amide bonds. The molecule has 9 nitrogen and oxygen atoms in total. The van der Waals surface area contributed by atoms with Crippen LogP contribution in [0.25, 0.3) is 0 Å². The molecular formula is C33H36N2O7Si. The summed E-state index contributed by atoms with van der Waals surface area (Å²) in [5.74, 6) is -0.680. The van der Waals surface area contributed by atoms with Crippen molar-refractivity contribution >= 4 is 24.7 Å². The van der Waals surface area contributed by atoms with Gasteiger partial charge in [-0.2, -0.15) is 0 Å². The Morgan fingerprint density at radius 1 is 0.930 bits per heavy atom. The molecule has 4 atom stereocenters. The van der Waals surface area contributed by atoms with Crippen LogP contribution in [-0.2, 0) is 13.9 Å². The molecule has 4 aromatic rings. The van der Waals surface area contributed by atoms with Crippen LogP contribution in [0.2, 0.25) is 5.04 Å². The number of aliphatic hydroxyl groups is 1. The zero-order valence-corrected chi connectivity index (χ0v) is 25.6. The van der Waals surface area contributed by atoms with Crippen LogP contribution in [0.4, 0.5) is 0 Å². The van der Waals surface area contributed by atoms with E-state index < -0.39 is 50.1 Å². The number of aryl methyl sites for hydroxylation is 1. The first kappa shape index (κ1) is 30.4. The summed E-state index contributed by atoms with van der Waals surface area (Å²) in [6, 6.07) is 28.5. The van der Waals surface area contributed by atoms with Crippen LogP contribution in [0.3, 0.4) is 0 Å². The maximum Gasteiger partial charge on any atom is 0.338 e. The molecule has 0 saturated carbocycles. The van der Waals surface area contributed by atoms with Gasteiger partial charge in [0, 0.05) is 11.8 Å². The first-order valence-corrected chi connectivity index (χ1v) is 16.1. The zero-order chi connectivity index (χ0) is 30.8. The van der Waals surface area contributed by atoms with Crippen molar-refractivity contribution in [3.63, 3.8) is 0 Å². The van der Waals surface area contributed by atoms with Crippen molar-refractivity contribution in [2.45, 2.75) is 57.3 Å². The Balaban J connectivity index is 1.52. The lowest BCUT2D eigenvalue weighted by Crippen LogP contribution is -2.67. The fourth-order valence-corrected chi connectivity index (χ4v) is 10.3. The molecule has 1 aromatic heterocycles. The Morgan fingerprint density at radius 2 is 1.47 bits per heavy atom. The van der Waals surface area contributed by atoms with E-state index in [1.54, 1.807) is 37.3 Å². The molecule has 1 aliphatic rings. The summed E-state index contributed by atoms with van der Waals surface area (Å²) in [6.45, 7) is 7.93. The van der Waals surface area contributed by atoms with Crippen LogP contribution in [0.1, 0.15) is 42.9 Å². The summed E-state index contributed by atoms with van der Waals surface area (Å²) in [4.78, 5) is 40.3. The molecule has 10 heteroatoms. The Morgan fingerprint density at radius 3 is 2.00 bits per heavy atom. The molecule has 0 spiro atoms. The van der Waals surface area contributed by atoms with Crippen LogP contribution in [0.5, 0.6) is 0 Å². The molecule has 43 heavy (non-hydrogen) atoms. The molecule has 1 aliphatic heterocycles. The standard InChI is InChI=1S/C33H36N2O7Si/c1-22-20-35(32(39)34-29(22)37)30-28(42-31(38)23-14-8-5-9-15-23)27(36)26(41-30)21-40-43(33(2,3)4,24-16-10-6-11-17-24)25-18-12-7-13-19-25/h5-20,26-28,30,36H,21H2,1-4H3,(H,34,37,39)/t26-,27-,28-,30-/m1/s1. The molecule has 5 rings (SSSR count). The molecule has 3 aromatic carbocycles. The summed E-state index contributed by atoms with van der Waals surface area (Å²) >= 11 is 0. The van der Waals surface area contributed by atoms with Gasteiger partial charge in [-0.15, -0.1) is 0 Å². The van der Waals surface area contributed by atoms with Crippen molar-refractivity contribution in [2.24, 2.45) is 0 Å². The van der Waals surface area contributed by atoms with Crippen molar-refractivity contribution in [1.29, 1.82) is 0 Å². The number of aromatic nitrogens is 2. The number of benzene rings is 3. The van der Waals surface area contributed by atoms with E-state index in [1.807, 2.05) is 36.4 Å². The van der Waals surface area contributed by atoms with Crippen LogP contribution < -0.4 is 21.6 Å². The number of ether oxygens (including phenoxy) is 2. The SMILES string of the molecule is Cc1cn([C@@H]2O[C@H](CO[Si](c3ccccc3)(c3ccccc3)C(C)(C)C)[C@@H](O)[C@H]2OC(=O)c2ccccc2)c(=O)[nH]c1=O. The van der Waals surface area contributed by atoms with Gasteiger partial charge in [-0.05, 0) is 34.5 Å². The second-order valence-corrected chi connectivity index (χ2v) is 16.1. The highest BCUT2D eigenvalue weighted by Crippen LogP contribution is 2.38. The lowest BCUT2D eigenvalue weighted by Gasteiger charge is -2.43. The van der Waals surface area contributed by atoms with E-state index in [9.17, 15) is 19.5 Å². The number of H-pyrrole nitrogens is 1. The first-order chi connectivity index (χ1) is 20.5. The summed E-state index contributed by atoms with van der Waals surface area (Å²) < 4.78 is 20.2. The Kier molecular flexibility index (Phi) is 8.66. The van der Waals surface area contributed by atoms with E-state index in [-0.39, 0.29) is 22.8 Å². The van der Waals surface area contributed by atoms with Gasteiger partial charge >= 0.3 is 11.7 Å². The molecule has 1 saturated heterocycles. The maximum atomic E-state index is 13.1. The van der Waals surface area contributed by atoms with Crippen LogP contribution >= 0.6 is 0 Å². The average Bonchev–Trinajstić information content (AvgIpc) is 3.30. The predicted molar refractivity (Wildman–Crippen MR) is 165 cm³/mol. The van der Waals surface area contributed by atoms with Gasteiger partial charge in [-0.1, -0.05) is 99.6 Å². The van der Waals surface area contributed by atoms with Gasteiger partial charge in [-0.3, -0.25) is 14.3 Å². The number of carbonyl (C=O) groups excluding carboxylic acids is 1. The predicted octanol–water partition coefficient (Wildman–Crippen LogP) is 2.91. The molecule has 2 N–H and O–H groups in total. The maximum absolute atomic E-state index is 13.1. The topological polar surface area (TPSA) is 120 Å². The normalized spacial score (nSPS) is 20.6. The molecule has 0 aliphatic carbocycles. The van der Waals surface area contributed by atoms with Crippen molar-refractivity contribution in [2.75, 3.05) is 6.61 Å². The van der Waals surface area contributed by atoms with Crippen molar-refractivity contribution in [3.8, 4) is 0 Å². The van der Waals surface area contributed by atoms with E-state index in [2.05, 4.69) is 50.0 Å². The van der Waals surface area contributed by atoms with Gasteiger partial charge in [0.25, 0.3) is 13.9 Å². The number of carbonyl (C=O) groups is 1.